The minimum absolute atomic E-state index is 0.399. The summed E-state index contributed by atoms with van der Waals surface area (Å²) in [5.41, 5.74) is 10.1. The van der Waals surface area contributed by atoms with E-state index in [2.05, 4.69) is 18.9 Å². The fraction of sp³-hybridized carbons (Fsp3) is 0.308. The number of para-hydroxylation sites is 1. The molecule has 0 unspecified atom stereocenters. The van der Waals surface area contributed by atoms with E-state index >= 15 is 0 Å². The fourth-order valence-corrected chi connectivity index (χ4v) is 1.88. The zero-order valence-corrected chi connectivity index (χ0v) is 9.94. The second-order valence-electron chi connectivity index (χ2n) is 4.34. The molecule has 2 N–H and O–H groups in total. The Balaban J connectivity index is 2.60. The Morgan fingerprint density at radius 1 is 1.19 bits per heavy atom. The van der Waals surface area contributed by atoms with E-state index in [1.54, 1.807) is 0 Å². The molecule has 2 rings (SSSR count). The molecule has 84 valence electrons. The summed E-state index contributed by atoms with van der Waals surface area (Å²) in [6, 6.07) is 7.91. The van der Waals surface area contributed by atoms with Gasteiger partial charge in [-0.25, -0.2) is 0 Å². The number of rotatable bonds is 2. The van der Waals surface area contributed by atoms with Gasteiger partial charge in [0.15, 0.2) is 0 Å². The molecule has 3 heteroatoms. The zero-order chi connectivity index (χ0) is 11.7. The standard InChI is InChI=1S/C13H17N3/c1-9(2)13-11(8-16(3)15-13)10-6-4-5-7-12(10)14/h4-9H,14H2,1-3H3. The second kappa shape index (κ2) is 4.00. The molecule has 1 aromatic heterocycles. The van der Waals surface area contributed by atoms with Gasteiger partial charge in [0, 0.05) is 30.1 Å². The Bertz CT molecular complexity index is 498. The molecule has 0 aliphatic heterocycles. The molecule has 0 fully saturated rings. The summed E-state index contributed by atoms with van der Waals surface area (Å²) in [6.07, 6.45) is 2.03. The monoisotopic (exact) mass is 215 g/mol. The first-order chi connectivity index (χ1) is 7.59. The predicted octanol–water partition coefficient (Wildman–Crippen LogP) is 2.79. The van der Waals surface area contributed by atoms with Crippen LogP contribution in [0.25, 0.3) is 11.1 Å². The Hall–Kier alpha value is -1.77. The van der Waals surface area contributed by atoms with Gasteiger partial charge in [0.1, 0.15) is 0 Å². The number of anilines is 1. The third-order valence-electron chi connectivity index (χ3n) is 2.66. The molecule has 1 heterocycles. The molecule has 2 aromatic rings. The number of hydrogen-bond acceptors (Lipinski definition) is 2. The van der Waals surface area contributed by atoms with Crippen molar-refractivity contribution in [2.45, 2.75) is 19.8 Å². The van der Waals surface area contributed by atoms with Crippen LogP contribution in [0.1, 0.15) is 25.5 Å². The van der Waals surface area contributed by atoms with Crippen LogP contribution in [0.15, 0.2) is 30.5 Å². The van der Waals surface area contributed by atoms with Gasteiger partial charge in [-0.15, -0.1) is 0 Å². The highest BCUT2D eigenvalue weighted by Gasteiger charge is 2.14. The molecular formula is C13H17N3. The van der Waals surface area contributed by atoms with E-state index in [-0.39, 0.29) is 0 Å². The van der Waals surface area contributed by atoms with Crippen LogP contribution in [-0.4, -0.2) is 9.78 Å². The van der Waals surface area contributed by atoms with Crippen molar-refractivity contribution in [2.24, 2.45) is 7.05 Å². The molecule has 0 aliphatic rings. The van der Waals surface area contributed by atoms with Crippen molar-refractivity contribution in [3.8, 4) is 11.1 Å². The van der Waals surface area contributed by atoms with Crippen molar-refractivity contribution in [3.05, 3.63) is 36.2 Å². The predicted molar refractivity (Wildman–Crippen MR) is 67.1 cm³/mol. The van der Waals surface area contributed by atoms with Gasteiger partial charge in [-0.2, -0.15) is 5.10 Å². The molecule has 0 spiro atoms. The van der Waals surface area contributed by atoms with E-state index in [1.807, 2.05) is 42.2 Å². The Morgan fingerprint density at radius 3 is 2.50 bits per heavy atom. The smallest absolute Gasteiger partial charge is 0.0728 e. The van der Waals surface area contributed by atoms with Crippen molar-refractivity contribution in [1.82, 2.24) is 9.78 Å². The summed E-state index contributed by atoms with van der Waals surface area (Å²) in [5.74, 6) is 0.399. The summed E-state index contributed by atoms with van der Waals surface area (Å²) in [5, 5.41) is 4.49. The van der Waals surface area contributed by atoms with E-state index in [0.717, 1.165) is 22.5 Å². The van der Waals surface area contributed by atoms with Gasteiger partial charge >= 0.3 is 0 Å². The maximum atomic E-state index is 5.99. The van der Waals surface area contributed by atoms with Crippen molar-refractivity contribution >= 4 is 5.69 Å². The molecule has 16 heavy (non-hydrogen) atoms. The molecular weight excluding hydrogens is 198 g/mol. The lowest BCUT2D eigenvalue weighted by molar-refractivity contribution is 0.713. The van der Waals surface area contributed by atoms with E-state index in [1.165, 1.54) is 0 Å². The molecule has 0 amide bonds. The van der Waals surface area contributed by atoms with Crippen LogP contribution in [0.2, 0.25) is 0 Å². The topological polar surface area (TPSA) is 43.8 Å². The second-order valence-corrected chi connectivity index (χ2v) is 4.34. The largest absolute Gasteiger partial charge is 0.398 e. The van der Waals surface area contributed by atoms with Gasteiger partial charge in [0.05, 0.1) is 5.69 Å². The van der Waals surface area contributed by atoms with Crippen molar-refractivity contribution in [2.75, 3.05) is 5.73 Å². The average molecular weight is 215 g/mol. The summed E-state index contributed by atoms with van der Waals surface area (Å²) >= 11 is 0. The van der Waals surface area contributed by atoms with Crippen LogP contribution < -0.4 is 5.73 Å². The number of aryl methyl sites for hydroxylation is 1. The lowest BCUT2D eigenvalue weighted by Gasteiger charge is -2.07. The molecule has 1 aromatic carbocycles. The summed E-state index contributed by atoms with van der Waals surface area (Å²) in [4.78, 5) is 0. The Morgan fingerprint density at radius 2 is 1.88 bits per heavy atom. The lowest BCUT2D eigenvalue weighted by Crippen LogP contribution is -1.95. The maximum absolute atomic E-state index is 5.99. The molecule has 0 saturated heterocycles. The van der Waals surface area contributed by atoms with Gasteiger partial charge in [0.2, 0.25) is 0 Å². The maximum Gasteiger partial charge on any atom is 0.0728 e. The zero-order valence-electron chi connectivity index (χ0n) is 9.94. The van der Waals surface area contributed by atoms with Crippen LogP contribution >= 0.6 is 0 Å². The number of aromatic nitrogens is 2. The van der Waals surface area contributed by atoms with Gasteiger partial charge < -0.3 is 5.73 Å². The first-order valence-electron chi connectivity index (χ1n) is 5.48. The fourth-order valence-electron chi connectivity index (χ4n) is 1.88. The lowest BCUT2D eigenvalue weighted by atomic mass is 9.99. The molecule has 0 bridgehead atoms. The molecule has 0 saturated carbocycles. The minimum Gasteiger partial charge on any atom is -0.398 e. The first-order valence-corrected chi connectivity index (χ1v) is 5.48. The van der Waals surface area contributed by atoms with E-state index in [9.17, 15) is 0 Å². The SMILES string of the molecule is CC(C)c1nn(C)cc1-c1ccccc1N. The highest BCUT2D eigenvalue weighted by Crippen LogP contribution is 2.31. The van der Waals surface area contributed by atoms with E-state index in [4.69, 9.17) is 5.73 Å². The van der Waals surface area contributed by atoms with Crippen LogP contribution in [-0.2, 0) is 7.05 Å². The highest BCUT2D eigenvalue weighted by atomic mass is 15.3. The number of benzene rings is 1. The van der Waals surface area contributed by atoms with Gasteiger partial charge in [-0.05, 0) is 12.0 Å². The average Bonchev–Trinajstić information content (AvgIpc) is 2.61. The van der Waals surface area contributed by atoms with Crippen LogP contribution in [0.3, 0.4) is 0 Å². The normalized spacial score (nSPS) is 11.0. The van der Waals surface area contributed by atoms with Crippen molar-refractivity contribution in [3.63, 3.8) is 0 Å². The number of hydrogen-bond donors (Lipinski definition) is 1. The van der Waals surface area contributed by atoms with E-state index < -0.39 is 0 Å². The summed E-state index contributed by atoms with van der Waals surface area (Å²) in [6.45, 7) is 4.29. The van der Waals surface area contributed by atoms with Gasteiger partial charge in [-0.3, -0.25) is 4.68 Å². The third-order valence-corrected chi connectivity index (χ3v) is 2.66. The minimum atomic E-state index is 0.399. The van der Waals surface area contributed by atoms with Gasteiger partial charge in [0.25, 0.3) is 0 Å². The van der Waals surface area contributed by atoms with E-state index in [0.29, 0.717) is 5.92 Å². The molecule has 0 atom stereocenters. The van der Waals surface area contributed by atoms with Crippen LogP contribution in [0, 0.1) is 0 Å². The molecule has 3 nitrogen and oxygen atoms in total. The van der Waals surface area contributed by atoms with Crippen LogP contribution in [0.4, 0.5) is 5.69 Å². The number of nitrogens with zero attached hydrogens (tertiary/aromatic N) is 2. The summed E-state index contributed by atoms with van der Waals surface area (Å²) in [7, 11) is 1.94. The third kappa shape index (κ3) is 1.81. The van der Waals surface area contributed by atoms with Crippen molar-refractivity contribution < 1.29 is 0 Å². The Kier molecular flexibility index (Phi) is 2.69. The molecule has 0 radical (unpaired) electrons. The quantitative estimate of drug-likeness (QED) is 0.783. The Labute approximate surface area is 95.9 Å². The number of nitrogens with two attached hydrogens (primary N) is 1. The highest BCUT2D eigenvalue weighted by molar-refractivity contribution is 5.77. The van der Waals surface area contributed by atoms with Gasteiger partial charge in [-0.1, -0.05) is 32.0 Å². The summed E-state index contributed by atoms with van der Waals surface area (Å²) < 4.78 is 1.84. The number of nitrogen functional groups attached to an aromatic ring is 1. The first kappa shape index (κ1) is 10.7. The van der Waals surface area contributed by atoms with Crippen molar-refractivity contribution in [1.29, 1.82) is 0 Å². The molecule has 0 aliphatic carbocycles. The van der Waals surface area contributed by atoms with Crippen LogP contribution in [0.5, 0.6) is 0 Å².